The second-order valence-corrected chi connectivity index (χ2v) is 11.5. The Morgan fingerprint density at radius 3 is 2.21 bits per heavy atom. The molecule has 4 fully saturated rings. The van der Waals surface area contributed by atoms with Gasteiger partial charge in [-0.25, -0.2) is 0 Å². The van der Waals surface area contributed by atoms with E-state index in [0.29, 0.717) is 29.5 Å². The molecule has 164 valence electrons. The monoisotopic (exact) mass is 404 g/mol. The molecule has 4 saturated carbocycles. The van der Waals surface area contributed by atoms with Crippen LogP contribution in [0.5, 0.6) is 0 Å². The van der Waals surface area contributed by atoms with Gasteiger partial charge in [-0.05, 0) is 92.8 Å². The summed E-state index contributed by atoms with van der Waals surface area (Å²) < 4.78 is 5.95. The van der Waals surface area contributed by atoms with Crippen molar-refractivity contribution < 1.29 is 19.4 Å². The number of aliphatic hydroxyl groups excluding tert-OH is 1. The molecule has 0 aromatic carbocycles. The minimum atomic E-state index is -0.307. The predicted molar refractivity (Wildman–Crippen MR) is 112 cm³/mol. The van der Waals surface area contributed by atoms with Gasteiger partial charge in [0, 0.05) is 18.8 Å². The summed E-state index contributed by atoms with van der Waals surface area (Å²) in [4.78, 5) is 24.4. The summed E-state index contributed by atoms with van der Waals surface area (Å²) in [5, 5.41) is 10.8. The van der Waals surface area contributed by atoms with Crippen LogP contribution < -0.4 is 0 Å². The number of rotatable bonds is 2. The Balaban J connectivity index is 1.71. The molecule has 10 atom stereocenters. The highest BCUT2D eigenvalue weighted by atomic mass is 16.5. The molecular weight excluding hydrogens is 364 g/mol. The number of carbonyl (C=O) groups is 2. The molecule has 4 heteroatoms. The Morgan fingerprint density at radius 1 is 0.897 bits per heavy atom. The van der Waals surface area contributed by atoms with E-state index in [1.165, 1.54) is 13.3 Å². The van der Waals surface area contributed by atoms with Crippen LogP contribution in [0.25, 0.3) is 0 Å². The number of hydrogen-bond acceptors (Lipinski definition) is 4. The third kappa shape index (κ3) is 3.28. The lowest BCUT2D eigenvalue weighted by atomic mass is 9.45. The zero-order valence-electron chi connectivity index (χ0n) is 18.9. The molecule has 1 N–H and O–H groups in total. The van der Waals surface area contributed by atoms with Gasteiger partial charge in [-0.3, -0.25) is 9.59 Å². The molecule has 4 aliphatic rings. The van der Waals surface area contributed by atoms with E-state index in [1.807, 2.05) is 0 Å². The van der Waals surface area contributed by atoms with Crippen molar-refractivity contribution in [2.45, 2.75) is 98.2 Å². The van der Waals surface area contributed by atoms with E-state index < -0.39 is 0 Å². The molecule has 0 heterocycles. The van der Waals surface area contributed by atoms with Crippen LogP contribution in [-0.2, 0) is 14.3 Å². The van der Waals surface area contributed by atoms with Gasteiger partial charge >= 0.3 is 5.97 Å². The van der Waals surface area contributed by atoms with Gasteiger partial charge in [0.25, 0.3) is 0 Å². The van der Waals surface area contributed by atoms with Crippen LogP contribution in [0.3, 0.4) is 0 Å². The van der Waals surface area contributed by atoms with Gasteiger partial charge in [-0.15, -0.1) is 0 Å². The van der Waals surface area contributed by atoms with Crippen LogP contribution in [0.4, 0.5) is 0 Å². The molecule has 4 rings (SSSR count). The molecular formula is C25H40O4. The van der Waals surface area contributed by atoms with Crippen molar-refractivity contribution in [3.05, 3.63) is 0 Å². The van der Waals surface area contributed by atoms with Crippen molar-refractivity contribution in [2.75, 3.05) is 0 Å². The summed E-state index contributed by atoms with van der Waals surface area (Å²) in [7, 11) is 0. The van der Waals surface area contributed by atoms with Crippen LogP contribution in [0.2, 0.25) is 0 Å². The highest BCUT2D eigenvalue weighted by molar-refractivity contribution is 5.79. The molecule has 0 aromatic rings. The fourth-order valence-corrected chi connectivity index (χ4v) is 8.59. The van der Waals surface area contributed by atoms with Crippen molar-refractivity contribution in [3.8, 4) is 0 Å². The summed E-state index contributed by atoms with van der Waals surface area (Å²) in [5.41, 5.74) is 0.207. The average molecular weight is 405 g/mol. The van der Waals surface area contributed by atoms with Gasteiger partial charge in [0.1, 0.15) is 11.9 Å². The standard InChI is InChI=1S/C25H40O4/c1-14-8-10-25(5)20-9-11-24(4)18(15(2)26)6-7-19(24)17(20)12-23(29-16(3)27)21(25)13-22(14)28/h14,17-23,28H,6-13H2,1-5H3/t14-,17-,18+,19-,20?,21+,22-,23-,24+,25+/m0/s1. The Bertz CT molecular complexity index is 674. The van der Waals surface area contributed by atoms with Crippen LogP contribution in [0.15, 0.2) is 0 Å². The lowest BCUT2D eigenvalue weighted by Crippen LogP contribution is -2.57. The maximum atomic E-state index is 12.4. The first kappa shape index (κ1) is 21.3. The Labute approximate surface area is 176 Å². The zero-order chi connectivity index (χ0) is 21.1. The zero-order valence-corrected chi connectivity index (χ0v) is 18.9. The number of aliphatic hydroxyl groups is 1. The summed E-state index contributed by atoms with van der Waals surface area (Å²) in [6, 6.07) is 0. The lowest BCUT2D eigenvalue weighted by molar-refractivity contribution is -0.180. The smallest absolute Gasteiger partial charge is 0.302 e. The summed E-state index contributed by atoms with van der Waals surface area (Å²) in [5.74, 6) is 2.58. The number of ether oxygens (including phenoxy) is 1. The number of carbonyl (C=O) groups excluding carboxylic acids is 2. The van der Waals surface area contributed by atoms with Crippen LogP contribution in [-0.4, -0.2) is 29.1 Å². The fourth-order valence-electron chi connectivity index (χ4n) is 8.59. The van der Waals surface area contributed by atoms with Crippen molar-refractivity contribution in [2.24, 2.45) is 46.3 Å². The van der Waals surface area contributed by atoms with E-state index in [0.717, 1.165) is 44.9 Å². The van der Waals surface area contributed by atoms with Crippen LogP contribution in [0, 0.1) is 46.3 Å². The van der Waals surface area contributed by atoms with Gasteiger partial charge in [0.05, 0.1) is 6.10 Å². The topological polar surface area (TPSA) is 63.6 Å². The van der Waals surface area contributed by atoms with E-state index in [2.05, 4.69) is 20.8 Å². The molecule has 0 bridgehead atoms. The predicted octanol–water partition coefficient (Wildman–Crippen LogP) is 4.77. The molecule has 4 nitrogen and oxygen atoms in total. The lowest BCUT2D eigenvalue weighted by Gasteiger charge is -2.60. The van der Waals surface area contributed by atoms with Gasteiger partial charge in [0.2, 0.25) is 0 Å². The molecule has 0 spiro atoms. The first-order valence-electron chi connectivity index (χ1n) is 11.9. The highest BCUT2D eigenvalue weighted by Gasteiger charge is 2.63. The molecule has 4 aliphatic carbocycles. The van der Waals surface area contributed by atoms with Gasteiger partial charge in [-0.1, -0.05) is 20.8 Å². The van der Waals surface area contributed by atoms with E-state index in [9.17, 15) is 14.7 Å². The minimum absolute atomic E-state index is 0.0996. The quantitative estimate of drug-likeness (QED) is 0.673. The Hall–Kier alpha value is -0.900. The van der Waals surface area contributed by atoms with Crippen LogP contribution >= 0.6 is 0 Å². The highest BCUT2D eigenvalue weighted by Crippen LogP contribution is 2.67. The normalized spacial score (nSPS) is 51.9. The number of esters is 1. The molecule has 1 unspecified atom stereocenters. The molecule has 0 amide bonds. The Morgan fingerprint density at radius 2 is 1.55 bits per heavy atom. The largest absolute Gasteiger partial charge is 0.462 e. The molecule has 0 aliphatic heterocycles. The van der Waals surface area contributed by atoms with Gasteiger partial charge in [0.15, 0.2) is 0 Å². The van der Waals surface area contributed by atoms with Crippen LogP contribution in [0.1, 0.15) is 86.0 Å². The summed E-state index contributed by atoms with van der Waals surface area (Å²) in [6.07, 6.45) is 7.87. The Kier molecular flexibility index (Phi) is 5.41. The summed E-state index contributed by atoms with van der Waals surface area (Å²) >= 11 is 0. The van der Waals surface area contributed by atoms with Crippen molar-refractivity contribution in [1.29, 1.82) is 0 Å². The van der Waals surface area contributed by atoms with E-state index in [1.54, 1.807) is 6.92 Å². The average Bonchev–Trinajstić information content (AvgIpc) is 2.94. The number of fused-ring (bicyclic) bond motifs is 5. The van der Waals surface area contributed by atoms with Gasteiger partial charge < -0.3 is 9.84 Å². The maximum absolute atomic E-state index is 12.4. The van der Waals surface area contributed by atoms with Crippen molar-refractivity contribution in [3.63, 3.8) is 0 Å². The molecule has 0 saturated heterocycles. The first-order chi connectivity index (χ1) is 13.6. The second-order valence-electron chi connectivity index (χ2n) is 11.5. The molecule has 0 aromatic heterocycles. The number of hydrogen-bond donors (Lipinski definition) is 1. The second kappa shape index (κ2) is 7.35. The van der Waals surface area contributed by atoms with E-state index >= 15 is 0 Å². The van der Waals surface area contributed by atoms with Gasteiger partial charge in [-0.2, -0.15) is 0 Å². The van der Waals surface area contributed by atoms with E-state index in [4.69, 9.17) is 4.74 Å². The minimum Gasteiger partial charge on any atom is -0.462 e. The summed E-state index contributed by atoms with van der Waals surface area (Å²) in [6.45, 7) is 10.2. The van der Waals surface area contributed by atoms with Crippen molar-refractivity contribution >= 4 is 11.8 Å². The SMILES string of the molecule is CC(=O)O[C@H]1C[C@@H]2C(CC[C@]3(C)[C@@H](C(C)=O)CC[C@@H]23)[C@@]2(C)CC[C@H](C)[C@@H](O)C[C@H]12. The third-order valence-corrected chi connectivity index (χ3v) is 10.2. The van der Waals surface area contributed by atoms with Crippen molar-refractivity contribution in [1.82, 2.24) is 0 Å². The maximum Gasteiger partial charge on any atom is 0.302 e. The number of ketones is 1. The number of Topliss-reactive ketones (excluding diaryl/α,β-unsaturated/α-hetero) is 1. The van der Waals surface area contributed by atoms with E-state index in [-0.39, 0.29) is 40.8 Å². The molecule has 29 heavy (non-hydrogen) atoms. The third-order valence-electron chi connectivity index (χ3n) is 10.2. The molecule has 0 radical (unpaired) electrons. The first-order valence-corrected chi connectivity index (χ1v) is 11.9. The fraction of sp³-hybridized carbons (Fsp3) is 0.920.